The Morgan fingerprint density at radius 3 is 2.26 bits per heavy atom. The van der Waals surface area contributed by atoms with Gasteiger partial charge >= 0.3 is 0 Å². The molecule has 1 aliphatic rings. The smallest absolute Gasteiger partial charge is 0.115 e. The Balaban J connectivity index is 1.54. The number of piperazine rings is 1. The fraction of sp³-hybridized carbons (Fsp3) is 0.316. The molecule has 0 unspecified atom stereocenters. The molecule has 1 N–H and O–H groups in total. The van der Waals surface area contributed by atoms with E-state index in [4.69, 9.17) is 5.10 Å². The zero-order chi connectivity index (χ0) is 16.1. The van der Waals surface area contributed by atoms with Gasteiger partial charge in [0, 0.05) is 32.7 Å². The Kier molecular flexibility index (Phi) is 4.93. The van der Waals surface area contributed by atoms with E-state index in [0.29, 0.717) is 0 Å². The van der Waals surface area contributed by atoms with Gasteiger partial charge in [-0.15, -0.1) is 0 Å². The van der Waals surface area contributed by atoms with Crippen molar-refractivity contribution in [1.82, 2.24) is 9.91 Å². The van der Waals surface area contributed by atoms with E-state index in [1.165, 1.54) is 5.56 Å². The van der Waals surface area contributed by atoms with Crippen molar-refractivity contribution < 1.29 is 5.11 Å². The van der Waals surface area contributed by atoms with E-state index in [1.807, 2.05) is 19.1 Å². The van der Waals surface area contributed by atoms with Crippen LogP contribution in [0.3, 0.4) is 0 Å². The van der Waals surface area contributed by atoms with Gasteiger partial charge in [0.1, 0.15) is 5.75 Å². The summed E-state index contributed by atoms with van der Waals surface area (Å²) >= 11 is 0. The van der Waals surface area contributed by atoms with Crippen LogP contribution in [0, 0.1) is 0 Å². The predicted molar refractivity (Wildman–Crippen MR) is 93.6 cm³/mol. The third kappa shape index (κ3) is 4.33. The van der Waals surface area contributed by atoms with E-state index in [0.717, 1.165) is 44.0 Å². The molecule has 0 aromatic heterocycles. The van der Waals surface area contributed by atoms with Gasteiger partial charge in [0.2, 0.25) is 0 Å². The maximum Gasteiger partial charge on any atom is 0.115 e. The lowest BCUT2D eigenvalue weighted by molar-refractivity contribution is 0.130. The Labute approximate surface area is 137 Å². The van der Waals surface area contributed by atoms with Crippen LogP contribution in [0.1, 0.15) is 18.1 Å². The lowest BCUT2D eigenvalue weighted by atomic mass is 10.1. The highest BCUT2D eigenvalue weighted by molar-refractivity contribution is 5.98. The molecule has 0 aliphatic carbocycles. The van der Waals surface area contributed by atoms with Gasteiger partial charge in [-0.2, -0.15) is 5.10 Å². The number of rotatable bonds is 4. The van der Waals surface area contributed by atoms with Crippen LogP contribution in [0.15, 0.2) is 59.7 Å². The molecule has 0 amide bonds. The molecule has 1 saturated heterocycles. The molecule has 4 heteroatoms. The molecule has 1 aliphatic heterocycles. The third-order valence-electron chi connectivity index (χ3n) is 4.17. The molecule has 0 bridgehead atoms. The number of hydrogen-bond donors (Lipinski definition) is 1. The van der Waals surface area contributed by atoms with Crippen molar-refractivity contribution in [3.8, 4) is 5.75 Å². The van der Waals surface area contributed by atoms with Crippen molar-refractivity contribution in [2.45, 2.75) is 13.5 Å². The Morgan fingerprint density at radius 1 is 0.957 bits per heavy atom. The van der Waals surface area contributed by atoms with E-state index < -0.39 is 0 Å². The molecule has 0 saturated carbocycles. The van der Waals surface area contributed by atoms with E-state index in [9.17, 15) is 5.11 Å². The van der Waals surface area contributed by atoms with Crippen LogP contribution >= 0.6 is 0 Å². The Morgan fingerprint density at radius 2 is 1.61 bits per heavy atom. The average molecular weight is 309 g/mol. The standard InChI is InChI=1S/C19H23N3O/c1-16(18-7-9-19(23)10-8-18)20-22-13-11-21(12-14-22)15-17-5-3-2-4-6-17/h2-10,23H,11-15H2,1H3/b20-16+. The molecular formula is C19H23N3O. The van der Waals surface area contributed by atoms with Crippen LogP contribution in [0.4, 0.5) is 0 Å². The number of hydrogen-bond acceptors (Lipinski definition) is 4. The van der Waals surface area contributed by atoms with Crippen molar-refractivity contribution >= 4 is 5.71 Å². The van der Waals surface area contributed by atoms with Gasteiger partial charge < -0.3 is 5.11 Å². The summed E-state index contributed by atoms with van der Waals surface area (Å²) in [5, 5.41) is 16.2. The van der Waals surface area contributed by atoms with E-state index >= 15 is 0 Å². The minimum absolute atomic E-state index is 0.288. The maximum absolute atomic E-state index is 9.35. The lowest BCUT2D eigenvalue weighted by Crippen LogP contribution is -2.43. The number of nitrogens with zero attached hydrogens (tertiary/aromatic N) is 3. The van der Waals surface area contributed by atoms with Crippen LogP contribution in [0.2, 0.25) is 0 Å². The van der Waals surface area contributed by atoms with Gasteiger partial charge in [0.05, 0.1) is 5.71 Å². The molecule has 4 nitrogen and oxygen atoms in total. The second-order valence-electron chi connectivity index (χ2n) is 5.95. The molecule has 2 aromatic rings. The number of benzene rings is 2. The summed E-state index contributed by atoms with van der Waals surface area (Å²) in [5.41, 5.74) is 3.40. The molecule has 120 valence electrons. The first kappa shape index (κ1) is 15.6. The molecule has 1 heterocycles. The molecule has 2 aromatic carbocycles. The summed E-state index contributed by atoms with van der Waals surface area (Å²) in [7, 11) is 0. The van der Waals surface area contributed by atoms with Crippen molar-refractivity contribution in [3.05, 3.63) is 65.7 Å². The quantitative estimate of drug-likeness (QED) is 0.883. The maximum atomic E-state index is 9.35. The third-order valence-corrected chi connectivity index (χ3v) is 4.17. The first-order valence-corrected chi connectivity index (χ1v) is 8.06. The number of phenolic OH excluding ortho intramolecular Hbond substituents is 1. The number of phenols is 1. The topological polar surface area (TPSA) is 39.1 Å². The van der Waals surface area contributed by atoms with E-state index in [1.54, 1.807) is 12.1 Å². The van der Waals surface area contributed by atoms with Crippen molar-refractivity contribution in [2.24, 2.45) is 5.10 Å². The second-order valence-corrected chi connectivity index (χ2v) is 5.95. The highest BCUT2D eigenvalue weighted by atomic mass is 16.3. The van der Waals surface area contributed by atoms with Crippen molar-refractivity contribution in [1.29, 1.82) is 0 Å². The molecule has 0 radical (unpaired) electrons. The molecule has 0 atom stereocenters. The van der Waals surface area contributed by atoms with Gasteiger partial charge in [-0.3, -0.25) is 9.91 Å². The predicted octanol–water partition coefficient (Wildman–Crippen LogP) is 2.93. The summed E-state index contributed by atoms with van der Waals surface area (Å²) < 4.78 is 0. The SMILES string of the molecule is C/C(=N\N1CCN(Cc2ccccc2)CC1)c1ccc(O)cc1. The van der Waals surface area contributed by atoms with Crippen LogP contribution in [-0.2, 0) is 6.54 Å². The number of aromatic hydroxyl groups is 1. The molecule has 23 heavy (non-hydrogen) atoms. The fourth-order valence-electron chi connectivity index (χ4n) is 2.81. The molecule has 1 fully saturated rings. The summed E-state index contributed by atoms with van der Waals surface area (Å²) in [6.45, 7) is 6.98. The summed E-state index contributed by atoms with van der Waals surface area (Å²) in [5.74, 6) is 0.288. The summed E-state index contributed by atoms with van der Waals surface area (Å²) in [6, 6.07) is 17.8. The molecule has 0 spiro atoms. The number of hydrazone groups is 1. The fourth-order valence-corrected chi connectivity index (χ4v) is 2.81. The van der Waals surface area contributed by atoms with Crippen LogP contribution in [-0.4, -0.2) is 46.9 Å². The van der Waals surface area contributed by atoms with Gasteiger partial charge in [-0.25, -0.2) is 0 Å². The monoisotopic (exact) mass is 309 g/mol. The summed E-state index contributed by atoms with van der Waals surface area (Å²) in [4.78, 5) is 2.47. The van der Waals surface area contributed by atoms with E-state index in [2.05, 4.69) is 40.2 Å². The average Bonchev–Trinajstić information content (AvgIpc) is 2.58. The minimum Gasteiger partial charge on any atom is -0.508 e. The second kappa shape index (κ2) is 7.29. The van der Waals surface area contributed by atoms with E-state index in [-0.39, 0.29) is 5.75 Å². The van der Waals surface area contributed by atoms with Gasteiger partial charge in [0.25, 0.3) is 0 Å². The first-order valence-electron chi connectivity index (χ1n) is 8.06. The molecular weight excluding hydrogens is 286 g/mol. The largest absolute Gasteiger partial charge is 0.508 e. The van der Waals surface area contributed by atoms with Crippen LogP contribution < -0.4 is 0 Å². The lowest BCUT2D eigenvalue weighted by Gasteiger charge is -2.33. The minimum atomic E-state index is 0.288. The first-order chi connectivity index (χ1) is 11.2. The van der Waals surface area contributed by atoms with Crippen molar-refractivity contribution in [2.75, 3.05) is 26.2 Å². The highest BCUT2D eigenvalue weighted by Gasteiger charge is 2.16. The Bertz CT molecular complexity index is 644. The zero-order valence-corrected chi connectivity index (χ0v) is 13.5. The molecule has 3 rings (SSSR count). The van der Waals surface area contributed by atoms with Gasteiger partial charge in [0.15, 0.2) is 0 Å². The summed E-state index contributed by atoms with van der Waals surface area (Å²) in [6.07, 6.45) is 0. The van der Waals surface area contributed by atoms with Gasteiger partial charge in [-0.1, -0.05) is 30.3 Å². The normalized spacial score (nSPS) is 16.6. The van der Waals surface area contributed by atoms with Gasteiger partial charge in [-0.05, 0) is 42.3 Å². The zero-order valence-electron chi connectivity index (χ0n) is 13.5. The van der Waals surface area contributed by atoms with Crippen LogP contribution in [0.5, 0.6) is 5.75 Å². The highest BCUT2D eigenvalue weighted by Crippen LogP contribution is 2.12. The van der Waals surface area contributed by atoms with Crippen LogP contribution in [0.25, 0.3) is 0 Å². The Hall–Kier alpha value is -2.33. The van der Waals surface area contributed by atoms with Crippen molar-refractivity contribution in [3.63, 3.8) is 0 Å².